The summed E-state index contributed by atoms with van der Waals surface area (Å²) < 4.78 is 3.44. The monoisotopic (exact) mass is 380 g/mol. The van der Waals surface area contributed by atoms with Gasteiger partial charge in [0, 0.05) is 45.3 Å². The lowest BCUT2D eigenvalue weighted by atomic mass is 10.3. The molecule has 1 aromatic heterocycles. The molecule has 3 aromatic rings. The molecule has 0 bridgehead atoms. The van der Waals surface area contributed by atoms with Crippen LogP contribution in [-0.4, -0.2) is 35.2 Å². The van der Waals surface area contributed by atoms with E-state index < -0.39 is 0 Å². The molecule has 0 atom stereocenters. The molecule has 1 heterocycles. The number of benzene rings is 2. The van der Waals surface area contributed by atoms with Crippen molar-refractivity contribution in [3.8, 4) is 0 Å². The van der Waals surface area contributed by atoms with E-state index in [0.717, 1.165) is 24.0 Å². The summed E-state index contributed by atoms with van der Waals surface area (Å²) in [6, 6.07) is 17.9. The van der Waals surface area contributed by atoms with Gasteiger partial charge < -0.3 is 10.2 Å². The maximum atomic E-state index is 12.6. The fourth-order valence-electron chi connectivity index (χ4n) is 3.45. The first-order valence-electron chi connectivity index (χ1n) is 9.82. The number of hydrogen-bond acceptors (Lipinski definition) is 3. The first kappa shape index (κ1) is 19.7. The smallest absolute Gasteiger partial charge is 0.329 e. The van der Waals surface area contributed by atoms with Crippen molar-refractivity contribution in [2.24, 2.45) is 0 Å². The minimum Gasteiger partial charge on any atom is -0.375 e. The van der Waals surface area contributed by atoms with Crippen LogP contribution in [0.5, 0.6) is 0 Å². The number of nitrogens with one attached hydrogen (secondary N) is 1. The molecule has 0 saturated heterocycles. The SMILES string of the molecule is CCn1c(=O)n(CCC(=O)NCCCN(C)c2ccccc2)c2ccccc21. The van der Waals surface area contributed by atoms with E-state index in [2.05, 4.69) is 22.3 Å². The highest BCUT2D eigenvalue weighted by Crippen LogP contribution is 2.13. The van der Waals surface area contributed by atoms with Gasteiger partial charge in [-0.15, -0.1) is 0 Å². The molecule has 0 saturated carbocycles. The van der Waals surface area contributed by atoms with Gasteiger partial charge in [-0.1, -0.05) is 30.3 Å². The fraction of sp³-hybridized carbons (Fsp3) is 0.364. The van der Waals surface area contributed by atoms with E-state index in [4.69, 9.17) is 0 Å². The Morgan fingerprint density at radius 2 is 1.64 bits per heavy atom. The molecule has 3 rings (SSSR count). The van der Waals surface area contributed by atoms with Gasteiger partial charge in [0.25, 0.3) is 0 Å². The molecule has 1 N–H and O–H groups in total. The van der Waals surface area contributed by atoms with Crippen molar-refractivity contribution in [3.05, 3.63) is 65.1 Å². The average molecular weight is 380 g/mol. The number of nitrogens with zero attached hydrogens (tertiary/aromatic N) is 3. The Labute approximate surface area is 165 Å². The molecule has 0 radical (unpaired) electrons. The third kappa shape index (κ3) is 4.44. The van der Waals surface area contributed by atoms with Crippen molar-refractivity contribution in [3.63, 3.8) is 0 Å². The number of carbonyl (C=O) groups is 1. The molecule has 148 valence electrons. The maximum absolute atomic E-state index is 12.6. The van der Waals surface area contributed by atoms with Gasteiger partial charge in [0.05, 0.1) is 11.0 Å². The summed E-state index contributed by atoms with van der Waals surface area (Å²) in [7, 11) is 2.05. The molecule has 28 heavy (non-hydrogen) atoms. The van der Waals surface area contributed by atoms with Crippen molar-refractivity contribution in [2.45, 2.75) is 32.9 Å². The zero-order valence-electron chi connectivity index (χ0n) is 16.6. The normalized spacial score (nSPS) is 10.9. The number of fused-ring (bicyclic) bond motifs is 1. The van der Waals surface area contributed by atoms with Crippen molar-refractivity contribution < 1.29 is 4.79 Å². The summed E-state index contributed by atoms with van der Waals surface area (Å²) in [6.07, 6.45) is 1.17. The van der Waals surface area contributed by atoms with Crippen LogP contribution >= 0.6 is 0 Å². The Balaban J connectivity index is 1.48. The van der Waals surface area contributed by atoms with Gasteiger partial charge in [0.1, 0.15) is 0 Å². The number of amides is 1. The average Bonchev–Trinajstić information content (AvgIpc) is 3.00. The molecule has 1 amide bonds. The Hall–Kier alpha value is -3.02. The van der Waals surface area contributed by atoms with Crippen LogP contribution in [0.1, 0.15) is 19.8 Å². The standard InChI is InChI=1S/C22H28N4O2/c1-3-25-19-12-7-8-13-20(19)26(22(25)28)17-14-21(27)23-15-9-16-24(2)18-10-5-4-6-11-18/h4-8,10-13H,3,9,14-17H2,1-2H3,(H,23,27). The highest BCUT2D eigenvalue weighted by Gasteiger charge is 2.12. The van der Waals surface area contributed by atoms with Crippen LogP contribution in [0.25, 0.3) is 11.0 Å². The molecule has 0 spiro atoms. The maximum Gasteiger partial charge on any atom is 0.329 e. The second-order valence-electron chi connectivity index (χ2n) is 6.88. The van der Waals surface area contributed by atoms with Gasteiger partial charge >= 0.3 is 5.69 Å². The lowest BCUT2D eigenvalue weighted by Crippen LogP contribution is -2.30. The molecule has 6 nitrogen and oxygen atoms in total. The lowest BCUT2D eigenvalue weighted by Gasteiger charge is -2.19. The van der Waals surface area contributed by atoms with Gasteiger partial charge in [-0.25, -0.2) is 4.79 Å². The second kappa shape index (κ2) is 9.26. The van der Waals surface area contributed by atoms with Gasteiger partial charge in [-0.2, -0.15) is 0 Å². The van der Waals surface area contributed by atoms with Crippen LogP contribution < -0.4 is 15.9 Å². The number of carbonyl (C=O) groups excluding carboxylic acids is 1. The van der Waals surface area contributed by atoms with E-state index in [1.54, 1.807) is 9.13 Å². The van der Waals surface area contributed by atoms with E-state index in [9.17, 15) is 9.59 Å². The topological polar surface area (TPSA) is 59.3 Å². The highest BCUT2D eigenvalue weighted by molar-refractivity contribution is 5.78. The molecule has 0 aliphatic heterocycles. The molecule has 0 fully saturated rings. The van der Waals surface area contributed by atoms with Gasteiger partial charge in [0.15, 0.2) is 0 Å². The largest absolute Gasteiger partial charge is 0.375 e. The van der Waals surface area contributed by atoms with Crippen molar-refractivity contribution >= 4 is 22.6 Å². The molecule has 0 aliphatic carbocycles. The summed E-state index contributed by atoms with van der Waals surface area (Å²) in [4.78, 5) is 27.0. The zero-order valence-corrected chi connectivity index (χ0v) is 16.6. The van der Waals surface area contributed by atoms with Gasteiger partial charge in [0.2, 0.25) is 5.91 Å². The summed E-state index contributed by atoms with van der Waals surface area (Å²) in [5.41, 5.74) is 2.91. The number of aryl methyl sites for hydroxylation is 2. The van der Waals surface area contributed by atoms with Crippen molar-refractivity contribution in [2.75, 3.05) is 25.0 Å². The number of anilines is 1. The molecular weight excluding hydrogens is 352 g/mol. The minimum atomic E-state index is -0.0546. The molecule has 0 unspecified atom stereocenters. The van der Waals surface area contributed by atoms with Crippen molar-refractivity contribution in [1.82, 2.24) is 14.5 Å². The van der Waals surface area contributed by atoms with E-state index in [-0.39, 0.29) is 11.6 Å². The first-order valence-corrected chi connectivity index (χ1v) is 9.82. The Kier molecular flexibility index (Phi) is 6.53. The predicted molar refractivity (Wildman–Crippen MR) is 114 cm³/mol. The fourth-order valence-corrected chi connectivity index (χ4v) is 3.45. The summed E-state index contributed by atoms with van der Waals surface area (Å²) >= 11 is 0. The van der Waals surface area contributed by atoms with Gasteiger partial charge in [-0.05, 0) is 37.6 Å². The van der Waals surface area contributed by atoms with Crippen LogP contribution in [0.15, 0.2) is 59.4 Å². The molecular formula is C22H28N4O2. The highest BCUT2D eigenvalue weighted by atomic mass is 16.2. The van der Waals surface area contributed by atoms with E-state index in [0.29, 0.717) is 26.1 Å². The van der Waals surface area contributed by atoms with Crippen LogP contribution in [0, 0.1) is 0 Å². The summed E-state index contributed by atoms with van der Waals surface area (Å²) in [6.45, 7) is 4.46. The van der Waals surface area contributed by atoms with Crippen LogP contribution in [0.4, 0.5) is 5.69 Å². The van der Waals surface area contributed by atoms with E-state index in [1.165, 1.54) is 5.69 Å². The molecule has 6 heteroatoms. The number of hydrogen-bond donors (Lipinski definition) is 1. The minimum absolute atomic E-state index is 0.0254. The predicted octanol–water partition coefficient (Wildman–Crippen LogP) is 2.86. The summed E-state index contributed by atoms with van der Waals surface area (Å²) in [5.74, 6) is -0.0254. The molecule has 0 aliphatic rings. The van der Waals surface area contributed by atoms with E-state index in [1.807, 2.05) is 56.4 Å². The third-order valence-electron chi connectivity index (χ3n) is 4.99. The number of aromatic nitrogens is 2. The zero-order chi connectivity index (χ0) is 19.9. The Morgan fingerprint density at radius 1 is 1.00 bits per heavy atom. The van der Waals surface area contributed by atoms with Crippen LogP contribution in [0.2, 0.25) is 0 Å². The lowest BCUT2D eigenvalue weighted by molar-refractivity contribution is -0.121. The second-order valence-corrected chi connectivity index (χ2v) is 6.88. The Morgan fingerprint density at radius 3 is 2.32 bits per heavy atom. The number of rotatable bonds is 9. The van der Waals surface area contributed by atoms with Crippen LogP contribution in [-0.2, 0) is 17.9 Å². The summed E-state index contributed by atoms with van der Waals surface area (Å²) in [5, 5.41) is 2.96. The third-order valence-corrected chi connectivity index (χ3v) is 4.99. The molecule has 2 aromatic carbocycles. The van der Waals surface area contributed by atoms with Gasteiger partial charge in [-0.3, -0.25) is 13.9 Å². The van der Waals surface area contributed by atoms with E-state index >= 15 is 0 Å². The number of para-hydroxylation sites is 3. The Bertz CT molecular complexity index is 975. The van der Waals surface area contributed by atoms with Crippen LogP contribution in [0.3, 0.4) is 0 Å². The number of imidazole rings is 1. The first-order chi connectivity index (χ1) is 13.6. The van der Waals surface area contributed by atoms with Crippen molar-refractivity contribution in [1.29, 1.82) is 0 Å². The quantitative estimate of drug-likeness (QED) is 0.581.